The molecule has 0 spiro atoms. The fourth-order valence-corrected chi connectivity index (χ4v) is 4.73. The second kappa shape index (κ2) is 8.16. The van der Waals surface area contributed by atoms with Gasteiger partial charge < -0.3 is 21.1 Å². The highest BCUT2D eigenvalue weighted by Crippen LogP contribution is 2.21. The van der Waals surface area contributed by atoms with Crippen molar-refractivity contribution in [1.29, 1.82) is 0 Å². The van der Waals surface area contributed by atoms with Crippen LogP contribution in [0.15, 0.2) is 48.5 Å². The molecule has 1 heterocycles. The van der Waals surface area contributed by atoms with Gasteiger partial charge in [0, 0.05) is 11.4 Å². The second-order valence-corrected chi connectivity index (χ2v) is 8.92. The number of sulfone groups is 1. The van der Waals surface area contributed by atoms with Gasteiger partial charge in [0.1, 0.15) is 0 Å². The molecule has 4 N–H and O–H groups in total. The number of aliphatic hydroxyl groups is 1. The fraction of sp³-hybridized carbons (Fsp3) is 0.278. The van der Waals surface area contributed by atoms with Crippen molar-refractivity contribution < 1.29 is 18.3 Å². The summed E-state index contributed by atoms with van der Waals surface area (Å²) >= 11 is 6.00. The Morgan fingerprint density at radius 2 is 1.74 bits per heavy atom. The number of para-hydroxylation sites is 1. The van der Waals surface area contributed by atoms with Crippen LogP contribution >= 0.6 is 11.6 Å². The minimum absolute atomic E-state index is 0.0670. The molecule has 1 fully saturated rings. The lowest BCUT2D eigenvalue weighted by atomic mass is 10.2. The van der Waals surface area contributed by atoms with Gasteiger partial charge in [-0.25, -0.2) is 8.42 Å². The number of aliphatic hydroxyl groups excluding tert-OH is 1. The molecule has 1 aliphatic rings. The van der Waals surface area contributed by atoms with Gasteiger partial charge in [-0.05, 0) is 36.4 Å². The zero-order chi connectivity index (χ0) is 19.4. The summed E-state index contributed by atoms with van der Waals surface area (Å²) < 4.78 is 23.1. The third-order valence-electron chi connectivity index (χ3n) is 4.16. The van der Waals surface area contributed by atoms with Gasteiger partial charge in [-0.2, -0.15) is 0 Å². The summed E-state index contributed by atoms with van der Waals surface area (Å²) in [5, 5.41) is 19.0. The molecule has 3 rings (SSSR count). The highest BCUT2D eigenvalue weighted by Gasteiger charge is 2.36. The number of anilines is 3. The van der Waals surface area contributed by atoms with E-state index >= 15 is 0 Å². The molecule has 2 atom stereocenters. The molecule has 0 aromatic heterocycles. The predicted molar refractivity (Wildman–Crippen MR) is 107 cm³/mol. The molecular weight excluding hydrogens is 390 g/mol. The maximum Gasteiger partial charge on any atom is 0.243 e. The van der Waals surface area contributed by atoms with E-state index in [-0.39, 0.29) is 24.0 Å². The minimum Gasteiger partial charge on any atom is -0.390 e. The van der Waals surface area contributed by atoms with Crippen LogP contribution in [0.5, 0.6) is 0 Å². The average Bonchev–Trinajstić information content (AvgIpc) is 2.88. The molecule has 1 amide bonds. The van der Waals surface area contributed by atoms with Gasteiger partial charge in [-0.3, -0.25) is 4.79 Å². The Balaban J connectivity index is 1.51. The van der Waals surface area contributed by atoms with Crippen LogP contribution in [0.4, 0.5) is 17.1 Å². The Morgan fingerprint density at radius 3 is 2.37 bits per heavy atom. The van der Waals surface area contributed by atoms with Gasteiger partial charge >= 0.3 is 0 Å². The molecule has 1 saturated heterocycles. The number of benzene rings is 2. The monoisotopic (exact) mass is 409 g/mol. The van der Waals surface area contributed by atoms with Crippen LogP contribution in [0.3, 0.4) is 0 Å². The Bertz CT molecular complexity index is 918. The fourth-order valence-electron chi connectivity index (χ4n) is 2.80. The van der Waals surface area contributed by atoms with Crippen LogP contribution in [0, 0.1) is 0 Å². The van der Waals surface area contributed by atoms with E-state index in [1.54, 1.807) is 48.5 Å². The third kappa shape index (κ3) is 5.35. The van der Waals surface area contributed by atoms with E-state index in [9.17, 15) is 18.3 Å². The number of rotatable bonds is 6. The first-order chi connectivity index (χ1) is 12.8. The van der Waals surface area contributed by atoms with Gasteiger partial charge in [-0.15, -0.1) is 0 Å². The van der Waals surface area contributed by atoms with E-state index in [1.165, 1.54) is 0 Å². The number of hydrogen-bond acceptors (Lipinski definition) is 6. The number of hydrogen-bond donors (Lipinski definition) is 4. The van der Waals surface area contributed by atoms with Crippen LogP contribution in [-0.2, 0) is 14.6 Å². The maximum atomic E-state index is 12.0. The lowest BCUT2D eigenvalue weighted by Crippen LogP contribution is -2.31. The van der Waals surface area contributed by atoms with Gasteiger partial charge in [0.15, 0.2) is 9.84 Å². The van der Waals surface area contributed by atoms with Crippen LogP contribution in [0.2, 0.25) is 5.02 Å². The van der Waals surface area contributed by atoms with E-state index in [0.717, 1.165) is 5.69 Å². The van der Waals surface area contributed by atoms with Crippen LogP contribution in [0.1, 0.15) is 0 Å². The molecule has 0 saturated carbocycles. The summed E-state index contributed by atoms with van der Waals surface area (Å²) in [6.07, 6.45) is -0.915. The van der Waals surface area contributed by atoms with Crippen molar-refractivity contribution in [2.75, 3.05) is 34.0 Å². The van der Waals surface area contributed by atoms with E-state index in [2.05, 4.69) is 16.0 Å². The maximum absolute atomic E-state index is 12.0. The average molecular weight is 410 g/mol. The predicted octanol–water partition coefficient (Wildman–Crippen LogP) is 1.96. The smallest absolute Gasteiger partial charge is 0.243 e. The molecule has 0 aliphatic carbocycles. The molecule has 2 aromatic carbocycles. The van der Waals surface area contributed by atoms with Crippen LogP contribution in [-0.4, -0.2) is 49.6 Å². The molecule has 7 nitrogen and oxygen atoms in total. The highest BCUT2D eigenvalue weighted by atomic mass is 35.5. The Morgan fingerprint density at radius 1 is 1.07 bits per heavy atom. The molecule has 0 radical (unpaired) electrons. The van der Waals surface area contributed by atoms with Gasteiger partial charge in [-0.1, -0.05) is 23.7 Å². The standard InChI is InChI=1S/C18H20ClN3O4S/c19-14-3-1-2-4-15(14)22-18(24)9-20-12-5-7-13(8-6-12)21-16-10-27(25,26)11-17(16)23/h1-8,16-17,20-21,23H,9-11H2,(H,22,24). The van der Waals surface area contributed by atoms with Crippen LogP contribution < -0.4 is 16.0 Å². The molecule has 2 aromatic rings. The number of nitrogens with one attached hydrogen (secondary N) is 3. The number of halogens is 1. The summed E-state index contributed by atoms with van der Waals surface area (Å²) in [5.41, 5.74) is 1.98. The molecule has 9 heteroatoms. The summed E-state index contributed by atoms with van der Waals surface area (Å²) in [7, 11) is -3.20. The van der Waals surface area contributed by atoms with E-state index < -0.39 is 22.0 Å². The van der Waals surface area contributed by atoms with Crippen molar-refractivity contribution in [2.24, 2.45) is 0 Å². The summed E-state index contributed by atoms with van der Waals surface area (Å²) in [6, 6.07) is 13.5. The highest BCUT2D eigenvalue weighted by molar-refractivity contribution is 7.91. The molecule has 144 valence electrons. The quantitative estimate of drug-likeness (QED) is 0.581. The Kier molecular flexibility index (Phi) is 5.88. The minimum atomic E-state index is -3.20. The van der Waals surface area contributed by atoms with Crippen molar-refractivity contribution >= 4 is 44.4 Å². The number of amides is 1. The van der Waals surface area contributed by atoms with Crippen molar-refractivity contribution in [3.8, 4) is 0 Å². The Hall–Kier alpha value is -2.29. The molecule has 2 unspecified atom stereocenters. The first-order valence-corrected chi connectivity index (χ1v) is 10.6. The van der Waals surface area contributed by atoms with Gasteiger partial charge in [0.05, 0.1) is 40.9 Å². The van der Waals surface area contributed by atoms with Crippen LogP contribution in [0.25, 0.3) is 0 Å². The first kappa shape index (κ1) is 19.5. The second-order valence-electron chi connectivity index (χ2n) is 6.35. The SMILES string of the molecule is O=C(CNc1ccc(NC2CS(=O)(=O)CC2O)cc1)Nc1ccccc1Cl. The summed E-state index contributed by atoms with van der Waals surface area (Å²) in [5.74, 6) is -0.536. The van der Waals surface area contributed by atoms with E-state index in [4.69, 9.17) is 11.6 Å². The van der Waals surface area contributed by atoms with Crippen molar-refractivity contribution in [3.63, 3.8) is 0 Å². The van der Waals surface area contributed by atoms with E-state index in [1.807, 2.05) is 0 Å². The third-order valence-corrected chi connectivity index (χ3v) is 6.21. The number of carbonyl (C=O) groups is 1. The van der Waals surface area contributed by atoms with Crippen molar-refractivity contribution in [3.05, 3.63) is 53.6 Å². The Labute approximate surface area is 162 Å². The lowest BCUT2D eigenvalue weighted by Gasteiger charge is -2.16. The molecule has 1 aliphatic heterocycles. The van der Waals surface area contributed by atoms with Crippen molar-refractivity contribution in [1.82, 2.24) is 0 Å². The molecule has 0 bridgehead atoms. The summed E-state index contributed by atoms with van der Waals surface area (Å²) in [6.45, 7) is 0.0670. The topological polar surface area (TPSA) is 108 Å². The van der Waals surface area contributed by atoms with Crippen molar-refractivity contribution in [2.45, 2.75) is 12.1 Å². The molecular formula is C18H20ClN3O4S. The largest absolute Gasteiger partial charge is 0.390 e. The number of carbonyl (C=O) groups excluding carboxylic acids is 1. The van der Waals surface area contributed by atoms with Gasteiger partial charge in [0.25, 0.3) is 0 Å². The van der Waals surface area contributed by atoms with E-state index in [0.29, 0.717) is 16.4 Å². The zero-order valence-electron chi connectivity index (χ0n) is 14.4. The summed E-state index contributed by atoms with van der Waals surface area (Å²) in [4.78, 5) is 12.0. The zero-order valence-corrected chi connectivity index (χ0v) is 15.9. The normalized spacial score (nSPS) is 20.8. The molecule has 27 heavy (non-hydrogen) atoms. The first-order valence-electron chi connectivity index (χ1n) is 8.36. The lowest BCUT2D eigenvalue weighted by molar-refractivity contribution is -0.114. The van der Waals surface area contributed by atoms with Gasteiger partial charge in [0.2, 0.25) is 5.91 Å².